The number of rotatable bonds is 4. The van der Waals surface area contributed by atoms with E-state index in [1.807, 2.05) is 36.4 Å². The van der Waals surface area contributed by atoms with Crippen LogP contribution in [0.15, 0.2) is 48.7 Å². The summed E-state index contributed by atoms with van der Waals surface area (Å²) >= 11 is 0. The van der Waals surface area contributed by atoms with Crippen LogP contribution >= 0.6 is 0 Å². The highest BCUT2D eigenvalue weighted by atomic mass is 16.5. The molecule has 0 spiro atoms. The molecule has 0 radical (unpaired) electrons. The molecule has 0 unspecified atom stereocenters. The molecule has 0 aliphatic carbocycles. The number of para-hydroxylation sites is 1. The molecule has 0 bridgehead atoms. The van der Waals surface area contributed by atoms with Gasteiger partial charge in [0, 0.05) is 23.3 Å². The van der Waals surface area contributed by atoms with E-state index in [1.54, 1.807) is 26.5 Å². The highest BCUT2D eigenvalue weighted by Gasteiger charge is 2.13. The number of benzene rings is 2. The maximum Gasteiger partial charge on any atom is 0.228 e. The Hall–Kier alpha value is -3.26. The summed E-state index contributed by atoms with van der Waals surface area (Å²) in [6.07, 6.45) is 1.56. The molecule has 114 valence electrons. The van der Waals surface area contributed by atoms with Crippen LogP contribution in [0.25, 0.3) is 15.7 Å². The van der Waals surface area contributed by atoms with Crippen molar-refractivity contribution in [2.75, 3.05) is 19.5 Å². The number of methoxy groups -OCH3 is 2. The van der Waals surface area contributed by atoms with Gasteiger partial charge in [-0.3, -0.25) is 4.98 Å². The van der Waals surface area contributed by atoms with E-state index in [1.165, 1.54) is 0 Å². The summed E-state index contributed by atoms with van der Waals surface area (Å²) in [5, 5.41) is 4.11. The van der Waals surface area contributed by atoms with Crippen LogP contribution in [0.1, 0.15) is 0 Å². The number of anilines is 2. The molecule has 0 amide bonds. The average molecular weight is 305 g/mol. The summed E-state index contributed by atoms with van der Waals surface area (Å²) in [6, 6.07) is 13.3. The topological polar surface area (TPSA) is 47.7 Å². The van der Waals surface area contributed by atoms with Crippen LogP contribution in [-0.4, -0.2) is 19.2 Å². The van der Waals surface area contributed by atoms with E-state index in [0.29, 0.717) is 22.9 Å². The van der Waals surface area contributed by atoms with E-state index in [0.717, 1.165) is 16.6 Å². The zero-order valence-corrected chi connectivity index (χ0v) is 12.8. The van der Waals surface area contributed by atoms with Gasteiger partial charge in [-0.05, 0) is 18.2 Å². The molecular weight excluding hydrogens is 290 g/mol. The molecule has 5 nitrogen and oxygen atoms in total. The lowest BCUT2D eigenvalue weighted by molar-refractivity contribution is 0.356. The van der Waals surface area contributed by atoms with Gasteiger partial charge in [-0.15, -0.1) is 0 Å². The molecule has 23 heavy (non-hydrogen) atoms. The Labute approximate surface area is 134 Å². The summed E-state index contributed by atoms with van der Waals surface area (Å²) < 4.78 is 10.7. The van der Waals surface area contributed by atoms with Crippen LogP contribution in [0.5, 0.6) is 11.5 Å². The number of aromatic nitrogens is 1. The summed E-state index contributed by atoms with van der Waals surface area (Å²) in [6.45, 7) is 7.39. The molecular formula is C18H15N3O2. The lowest BCUT2D eigenvalue weighted by atomic mass is 10.1. The Morgan fingerprint density at radius 3 is 2.39 bits per heavy atom. The number of ether oxygens (including phenoxy) is 2. The molecule has 5 heteroatoms. The van der Waals surface area contributed by atoms with Gasteiger partial charge in [-0.1, -0.05) is 18.2 Å². The molecule has 0 aliphatic heterocycles. The number of fused-ring (bicyclic) bond motifs is 1. The van der Waals surface area contributed by atoms with Crippen molar-refractivity contribution in [3.8, 4) is 11.5 Å². The van der Waals surface area contributed by atoms with Gasteiger partial charge >= 0.3 is 0 Å². The smallest absolute Gasteiger partial charge is 0.228 e. The van der Waals surface area contributed by atoms with Gasteiger partial charge in [0.15, 0.2) is 11.5 Å². The first-order valence-corrected chi connectivity index (χ1v) is 7.01. The van der Waals surface area contributed by atoms with Gasteiger partial charge in [0.05, 0.1) is 32.0 Å². The molecule has 3 rings (SSSR count). The van der Waals surface area contributed by atoms with Crippen molar-refractivity contribution in [3.63, 3.8) is 0 Å². The number of hydrogen-bond acceptors (Lipinski definition) is 4. The van der Waals surface area contributed by atoms with Gasteiger partial charge in [0.25, 0.3) is 0 Å². The molecule has 2 aromatic carbocycles. The molecule has 0 atom stereocenters. The standard InChI is InChI=1S/C18H15N3O2/c1-19-15-11-20-14-10-17(23-3)16(22-2)9-13(14)18(15)21-12-7-5-4-6-8-12/h4-11H,2-3H3,(H,20,21). The molecule has 1 heterocycles. The SMILES string of the molecule is [C-]#[N+]c1cnc2cc(OC)c(OC)cc2c1Nc1ccccc1. The second-order valence-corrected chi connectivity index (χ2v) is 4.85. The zero-order valence-electron chi connectivity index (χ0n) is 12.8. The lowest BCUT2D eigenvalue weighted by Gasteiger charge is -2.14. The minimum Gasteiger partial charge on any atom is -0.493 e. The fraction of sp³-hybridized carbons (Fsp3) is 0.111. The minimum atomic E-state index is 0.452. The van der Waals surface area contributed by atoms with Gasteiger partial charge in [0.2, 0.25) is 5.69 Å². The van der Waals surface area contributed by atoms with Gasteiger partial charge in [0.1, 0.15) is 0 Å². The summed E-state index contributed by atoms with van der Waals surface area (Å²) in [4.78, 5) is 7.92. The third-order valence-electron chi connectivity index (χ3n) is 3.52. The van der Waals surface area contributed by atoms with Gasteiger partial charge < -0.3 is 14.8 Å². The van der Waals surface area contributed by atoms with E-state index in [4.69, 9.17) is 16.0 Å². The summed E-state index contributed by atoms with van der Waals surface area (Å²) in [5.74, 6) is 1.20. The Balaban J connectivity index is 2.22. The van der Waals surface area contributed by atoms with Crippen LogP contribution in [-0.2, 0) is 0 Å². The first-order chi connectivity index (χ1) is 11.3. The van der Waals surface area contributed by atoms with Crippen molar-refractivity contribution < 1.29 is 9.47 Å². The molecule has 3 aromatic rings. The zero-order chi connectivity index (χ0) is 16.2. The first-order valence-electron chi connectivity index (χ1n) is 7.01. The van der Waals surface area contributed by atoms with Crippen LogP contribution in [0.4, 0.5) is 17.1 Å². The van der Waals surface area contributed by atoms with E-state index >= 15 is 0 Å². The Bertz CT molecular complexity index is 886. The highest BCUT2D eigenvalue weighted by Crippen LogP contribution is 2.39. The van der Waals surface area contributed by atoms with Crippen LogP contribution < -0.4 is 14.8 Å². The van der Waals surface area contributed by atoms with Crippen LogP contribution in [0.2, 0.25) is 0 Å². The highest BCUT2D eigenvalue weighted by molar-refractivity contribution is 6.01. The second kappa shape index (κ2) is 6.24. The maximum absolute atomic E-state index is 7.39. The van der Waals surface area contributed by atoms with Gasteiger partial charge in [-0.2, -0.15) is 0 Å². The third kappa shape index (κ3) is 2.74. The number of hydrogen-bond donors (Lipinski definition) is 1. The number of pyridine rings is 1. The first kappa shape index (κ1) is 14.7. The van der Waals surface area contributed by atoms with Crippen molar-refractivity contribution in [2.24, 2.45) is 0 Å². The van der Waals surface area contributed by atoms with Crippen molar-refractivity contribution in [3.05, 3.63) is 60.1 Å². The van der Waals surface area contributed by atoms with Crippen molar-refractivity contribution in [1.82, 2.24) is 4.98 Å². The largest absolute Gasteiger partial charge is 0.493 e. The molecule has 0 saturated heterocycles. The predicted molar refractivity (Wildman–Crippen MR) is 90.8 cm³/mol. The molecule has 1 aromatic heterocycles. The van der Waals surface area contributed by atoms with E-state index < -0.39 is 0 Å². The van der Waals surface area contributed by atoms with Crippen molar-refractivity contribution >= 4 is 28.0 Å². The van der Waals surface area contributed by atoms with Crippen molar-refractivity contribution in [1.29, 1.82) is 0 Å². The van der Waals surface area contributed by atoms with Gasteiger partial charge in [-0.25, -0.2) is 4.85 Å². The Morgan fingerprint density at radius 1 is 1.04 bits per heavy atom. The molecule has 0 saturated carbocycles. The number of nitrogens with zero attached hydrogens (tertiary/aromatic N) is 2. The molecule has 0 fully saturated rings. The normalized spacial score (nSPS) is 10.1. The van der Waals surface area contributed by atoms with Crippen LogP contribution in [0, 0.1) is 6.57 Å². The third-order valence-corrected chi connectivity index (χ3v) is 3.52. The number of nitrogens with one attached hydrogen (secondary N) is 1. The maximum atomic E-state index is 7.39. The van der Waals surface area contributed by atoms with Crippen molar-refractivity contribution in [2.45, 2.75) is 0 Å². The fourth-order valence-electron chi connectivity index (χ4n) is 2.39. The van der Waals surface area contributed by atoms with E-state index in [9.17, 15) is 0 Å². The van der Waals surface area contributed by atoms with E-state index in [-0.39, 0.29) is 0 Å². The second-order valence-electron chi connectivity index (χ2n) is 4.85. The predicted octanol–water partition coefficient (Wildman–Crippen LogP) is 4.55. The fourth-order valence-corrected chi connectivity index (χ4v) is 2.39. The molecule has 1 N–H and O–H groups in total. The quantitative estimate of drug-likeness (QED) is 0.719. The molecule has 0 aliphatic rings. The lowest BCUT2D eigenvalue weighted by Crippen LogP contribution is -1.96. The Kier molecular flexibility index (Phi) is 3.98. The monoisotopic (exact) mass is 305 g/mol. The average Bonchev–Trinajstić information content (AvgIpc) is 2.61. The Morgan fingerprint density at radius 2 is 1.74 bits per heavy atom. The summed E-state index contributed by atoms with van der Waals surface area (Å²) in [7, 11) is 3.17. The van der Waals surface area contributed by atoms with E-state index in [2.05, 4.69) is 15.1 Å². The minimum absolute atomic E-state index is 0.452. The van der Waals surface area contributed by atoms with Crippen LogP contribution in [0.3, 0.4) is 0 Å². The summed E-state index contributed by atoms with van der Waals surface area (Å²) in [5.41, 5.74) is 2.79.